The molecule has 0 saturated carbocycles. The third-order valence-corrected chi connectivity index (χ3v) is 3.40. The lowest BCUT2D eigenvalue weighted by Crippen LogP contribution is -2.28. The molecule has 0 saturated heterocycles. The van der Waals surface area contributed by atoms with Crippen LogP contribution >= 0.6 is 11.6 Å². The Morgan fingerprint density at radius 1 is 1.26 bits per heavy atom. The molecule has 0 aliphatic carbocycles. The highest BCUT2D eigenvalue weighted by atomic mass is 35.5. The van der Waals surface area contributed by atoms with E-state index in [1.54, 1.807) is 6.20 Å². The van der Waals surface area contributed by atoms with Crippen molar-refractivity contribution in [2.75, 3.05) is 18.4 Å². The zero-order valence-electron chi connectivity index (χ0n) is 13.3. The van der Waals surface area contributed by atoms with E-state index in [4.69, 9.17) is 11.6 Å². The highest BCUT2D eigenvalue weighted by Gasteiger charge is 2.08. The second-order valence-electron chi connectivity index (χ2n) is 5.70. The maximum atomic E-state index is 11.8. The molecule has 5 nitrogen and oxygen atoms in total. The Kier molecular flexibility index (Phi) is 6.35. The van der Waals surface area contributed by atoms with E-state index in [9.17, 15) is 4.79 Å². The lowest BCUT2D eigenvalue weighted by molar-refractivity contribution is 0.0943. The van der Waals surface area contributed by atoms with E-state index >= 15 is 0 Å². The number of nitrogens with zero attached hydrogens (tertiary/aromatic N) is 2. The Labute approximate surface area is 141 Å². The molecule has 122 valence electrons. The van der Waals surface area contributed by atoms with Gasteiger partial charge in [-0.3, -0.25) is 4.79 Å². The van der Waals surface area contributed by atoms with Gasteiger partial charge in [0.05, 0.1) is 12.4 Å². The minimum absolute atomic E-state index is 0.198. The predicted molar refractivity (Wildman–Crippen MR) is 92.8 cm³/mol. The average molecular weight is 333 g/mol. The fourth-order valence-corrected chi connectivity index (χ4v) is 2.16. The van der Waals surface area contributed by atoms with Gasteiger partial charge in [-0.05, 0) is 30.0 Å². The Morgan fingerprint density at radius 2 is 2.09 bits per heavy atom. The van der Waals surface area contributed by atoms with Crippen molar-refractivity contribution in [1.82, 2.24) is 15.3 Å². The van der Waals surface area contributed by atoms with Gasteiger partial charge in [0.2, 0.25) is 0 Å². The van der Waals surface area contributed by atoms with Gasteiger partial charge in [-0.25, -0.2) is 9.97 Å². The third-order valence-electron chi connectivity index (χ3n) is 3.16. The van der Waals surface area contributed by atoms with Gasteiger partial charge in [0.15, 0.2) is 0 Å². The van der Waals surface area contributed by atoms with Crippen molar-refractivity contribution in [1.29, 1.82) is 0 Å². The SMILES string of the molecule is CC(C)CNC(=O)c1cnc(NCCc2cccc(Cl)c2)cn1. The number of halogens is 1. The van der Waals surface area contributed by atoms with E-state index in [1.165, 1.54) is 6.20 Å². The van der Waals surface area contributed by atoms with E-state index < -0.39 is 0 Å². The maximum absolute atomic E-state index is 11.8. The molecule has 0 aliphatic heterocycles. The molecule has 0 fully saturated rings. The van der Waals surface area contributed by atoms with Crippen molar-refractivity contribution in [2.45, 2.75) is 20.3 Å². The van der Waals surface area contributed by atoms with Crippen molar-refractivity contribution in [3.05, 3.63) is 52.9 Å². The van der Waals surface area contributed by atoms with Crippen molar-refractivity contribution in [3.63, 3.8) is 0 Å². The van der Waals surface area contributed by atoms with Gasteiger partial charge in [-0.15, -0.1) is 0 Å². The molecule has 0 bridgehead atoms. The van der Waals surface area contributed by atoms with Crippen molar-refractivity contribution >= 4 is 23.3 Å². The average Bonchev–Trinajstić information content (AvgIpc) is 2.53. The molecule has 2 aromatic rings. The normalized spacial score (nSPS) is 10.6. The molecule has 0 radical (unpaired) electrons. The van der Waals surface area contributed by atoms with Gasteiger partial charge in [-0.2, -0.15) is 0 Å². The maximum Gasteiger partial charge on any atom is 0.271 e. The summed E-state index contributed by atoms with van der Waals surface area (Å²) in [6.45, 7) is 5.42. The molecule has 6 heteroatoms. The predicted octanol–water partition coefficient (Wildman–Crippen LogP) is 3.17. The standard InChI is InChI=1S/C17H21ClN4O/c1-12(2)9-22-17(23)15-10-21-16(11-20-15)19-7-6-13-4-3-5-14(18)8-13/h3-5,8,10-12H,6-7,9H2,1-2H3,(H,19,21)(H,22,23). The molecule has 0 unspecified atom stereocenters. The largest absolute Gasteiger partial charge is 0.368 e. The summed E-state index contributed by atoms with van der Waals surface area (Å²) in [5.41, 5.74) is 1.48. The fourth-order valence-electron chi connectivity index (χ4n) is 1.95. The third kappa shape index (κ3) is 5.87. The molecule has 0 aliphatic rings. The summed E-state index contributed by atoms with van der Waals surface area (Å²) in [4.78, 5) is 20.2. The van der Waals surface area contributed by atoms with Crippen LogP contribution in [0.5, 0.6) is 0 Å². The number of carbonyl (C=O) groups is 1. The Morgan fingerprint density at radius 3 is 2.74 bits per heavy atom. The molecule has 1 heterocycles. The fraction of sp³-hybridized carbons (Fsp3) is 0.353. The van der Waals surface area contributed by atoms with Crippen LogP contribution in [0.1, 0.15) is 29.9 Å². The van der Waals surface area contributed by atoms with Crippen LogP contribution in [0.3, 0.4) is 0 Å². The minimum Gasteiger partial charge on any atom is -0.368 e. The number of benzene rings is 1. The van der Waals surface area contributed by atoms with Crippen LogP contribution in [0.4, 0.5) is 5.82 Å². The minimum atomic E-state index is -0.198. The summed E-state index contributed by atoms with van der Waals surface area (Å²) in [5, 5.41) is 6.73. The first-order valence-electron chi connectivity index (χ1n) is 7.63. The summed E-state index contributed by atoms with van der Waals surface area (Å²) < 4.78 is 0. The number of carbonyl (C=O) groups excluding carboxylic acids is 1. The number of rotatable bonds is 7. The molecule has 23 heavy (non-hydrogen) atoms. The van der Waals surface area contributed by atoms with Crippen LogP contribution in [0.2, 0.25) is 5.02 Å². The van der Waals surface area contributed by atoms with Crippen LogP contribution in [-0.2, 0) is 6.42 Å². The van der Waals surface area contributed by atoms with Gasteiger partial charge in [-0.1, -0.05) is 37.6 Å². The second kappa shape index (κ2) is 8.48. The number of aromatic nitrogens is 2. The van der Waals surface area contributed by atoms with E-state index in [1.807, 2.05) is 38.1 Å². The molecular formula is C17H21ClN4O. The van der Waals surface area contributed by atoms with Crippen LogP contribution in [0, 0.1) is 5.92 Å². The molecule has 0 spiro atoms. The summed E-state index contributed by atoms with van der Waals surface area (Å²) in [7, 11) is 0. The Balaban J connectivity index is 1.81. The first-order chi connectivity index (χ1) is 11.0. The van der Waals surface area contributed by atoms with E-state index in [-0.39, 0.29) is 5.91 Å². The highest BCUT2D eigenvalue weighted by Crippen LogP contribution is 2.11. The Bertz CT molecular complexity index is 643. The molecular weight excluding hydrogens is 312 g/mol. The number of hydrogen-bond donors (Lipinski definition) is 2. The van der Waals surface area contributed by atoms with Crippen LogP contribution in [0.15, 0.2) is 36.7 Å². The number of hydrogen-bond acceptors (Lipinski definition) is 4. The number of nitrogens with one attached hydrogen (secondary N) is 2. The molecule has 1 amide bonds. The zero-order valence-corrected chi connectivity index (χ0v) is 14.1. The smallest absolute Gasteiger partial charge is 0.271 e. The van der Waals surface area contributed by atoms with Gasteiger partial charge < -0.3 is 10.6 Å². The van der Waals surface area contributed by atoms with Gasteiger partial charge in [0.1, 0.15) is 11.5 Å². The number of anilines is 1. The van der Waals surface area contributed by atoms with Crippen molar-refractivity contribution < 1.29 is 4.79 Å². The number of amides is 1. The summed E-state index contributed by atoms with van der Waals surface area (Å²) in [5.74, 6) is 0.850. The molecule has 1 aromatic heterocycles. The summed E-state index contributed by atoms with van der Waals surface area (Å²) in [6.07, 6.45) is 3.89. The summed E-state index contributed by atoms with van der Waals surface area (Å²) >= 11 is 5.95. The van der Waals surface area contributed by atoms with Crippen molar-refractivity contribution in [2.24, 2.45) is 5.92 Å². The van der Waals surface area contributed by atoms with E-state index in [2.05, 4.69) is 20.6 Å². The molecule has 2 rings (SSSR count). The first-order valence-corrected chi connectivity index (χ1v) is 8.01. The first kappa shape index (κ1) is 17.2. The van der Waals surface area contributed by atoms with Crippen molar-refractivity contribution in [3.8, 4) is 0 Å². The second-order valence-corrected chi connectivity index (χ2v) is 6.13. The highest BCUT2D eigenvalue weighted by molar-refractivity contribution is 6.30. The van der Waals surface area contributed by atoms with Crippen LogP contribution < -0.4 is 10.6 Å². The topological polar surface area (TPSA) is 66.9 Å². The monoisotopic (exact) mass is 332 g/mol. The molecule has 1 aromatic carbocycles. The van der Waals surface area contributed by atoms with Crippen LogP contribution in [0.25, 0.3) is 0 Å². The van der Waals surface area contributed by atoms with E-state index in [0.29, 0.717) is 30.5 Å². The molecule has 0 atom stereocenters. The van der Waals surface area contributed by atoms with Gasteiger partial charge in [0.25, 0.3) is 5.91 Å². The lowest BCUT2D eigenvalue weighted by Gasteiger charge is -2.08. The zero-order chi connectivity index (χ0) is 16.7. The van der Waals surface area contributed by atoms with Crippen LogP contribution in [-0.4, -0.2) is 29.0 Å². The quantitative estimate of drug-likeness (QED) is 0.817. The lowest BCUT2D eigenvalue weighted by atomic mass is 10.1. The Hall–Kier alpha value is -2.14. The molecule has 2 N–H and O–H groups in total. The van der Waals surface area contributed by atoms with Gasteiger partial charge in [0, 0.05) is 18.1 Å². The van der Waals surface area contributed by atoms with E-state index in [0.717, 1.165) is 17.0 Å². The van der Waals surface area contributed by atoms with Gasteiger partial charge >= 0.3 is 0 Å². The summed E-state index contributed by atoms with van der Waals surface area (Å²) in [6, 6.07) is 7.76.